The Morgan fingerprint density at radius 3 is 2.48 bits per heavy atom. The van der Waals surface area contributed by atoms with Crippen LogP contribution in [0.4, 0.5) is 13.2 Å². The number of benzene rings is 2. The molecule has 0 saturated carbocycles. The highest BCUT2D eigenvalue weighted by atomic mass is 19.4. The van der Waals surface area contributed by atoms with Crippen LogP contribution in [0.15, 0.2) is 36.4 Å². The van der Waals surface area contributed by atoms with Gasteiger partial charge in [0.2, 0.25) is 0 Å². The van der Waals surface area contributed by atoms with Crippen molar-refractivity contribution >= 4 is 10.8 Å². The van der Waals surface area contributed by atoms with Gasteiger partial charge in [0.05, 0.1) is 6.61 Å². The van der Waals surface area contributed by atoms with Gasteiger partial charge in [0.1, 0.15) is 12.4 Å². The molecule has 0 aliphatic carbocycles. The summed E-state index contributed by atoms with van der Waals surface area (Å²) in [6.07, 6.45) is -4.65. The molecule has 21 heavy (non-hydrogen) atoms. The molecule has 0 bridgehead atoms. The van der Waals surface area contributed by atoms with E-state index in [2.05, 4.69) is 4.74 Å². The number of fused-ring (bicyclic) bond motifs is 1. The molecule has 6 heteroatoms. The van der Waals surface area contributed by atoms with Crippen molar-refractivity contribution in [2.75, 3.05) is 13.2 Å². The average Bonchev–Trinajstić information content (AvgIpc) is 2.42. The summed E-state index contributed by atoms with van der Waals surface area (Å²) < 4.78 is 45.0. The number of halogens is 3. The molecule has 0 radical (unpaired) electrons. The number of ether oxygens (including phenoxy) is 2. The minimum atomic E-state index is -4.65. The topological polar surface area (TPSA) is 44.5 Å². The van der Waals surface area contributed by atoms with E-state index in [1.54, 1.807) is 6.92 Å². The number of nitrogens with two attached hydrogens (primary N) is 1. The first-order chi connectivity index (χ1) is 9.88. The van der Waals surface area contributed by atoms with E-state index in [0.717, 1.165) is 16.3 Å². The van der Waals surface area contributed by atoms with Crippen molar-refractivity contribution in [2.24, 2.45) is 5.73 Å². The van der Waals surface area contributed by atoms with Crippen LogP contribution in [0, 0.1) is 0 Å². The molecule has 0 fully saturated rings. The Balaban J connectivity index is 2.21. The summed E-state index contributed by atoms with van der Waals surface area (Å²) in [7, 11) is 0. The maximum atomic E-state index is 11.9. The first kappa shape index (κ1) is 15.6. The standard InChI is InChI=1S/C15H16F3NO2/c1-10(19)12-7-6-11-4-2-3-5-13(11)14(12)20-8-9-21-15(16,17)18/h2-7,10H,8-9,19H2,1H3/t10-/m0/s1. The summed E-state index contributed by atoms with van der Waals surface area (Å²) in [6.45, 7) is 1.03. The molecule has 0 aliphatic heterocycles. The third kappa shape index (κ3) is 4.09. The van der Waals surface area contributed by atoms with Crippen LogP contribution >= 0.6 is 0 Å². The quantitative estimate of drug-likeness (QED) is 0.855. The second-order valence-electron chi connectivity index (χ2n) is 4.64. The summed E-state index contributed by atoms with van der Waals surface area (Å²) in [6, 6.07) is 10.9. The van der Waals surface area contributed by atoms with Crippen LogP contribution in [0.2, 0.25) is 0 Å². The van der Waals surface area contributed by atoms with E-state index in [4.69, 9.17) is 10.5 Å². The van der Waals surface area contributed by atoms with E-state index in [1.165, 1.54) is 0 Å². The van der Waals surface area contributed by atoms with E-state index < -0.39 is 13.0 Å². The van der Waals surface area contributed by atoms with Crippen molar-refractivity contribution in [3.8, 4) is 5.75 Å². The highest BCUT2D eigenvalue weighted by Gasteiger charge is 2.28. The third-order valence-electron chi connectivity index (χ3n) is 3.00. The fourth-order valence-electron chi connectivity index (χ4n) is 2.08. The van der Waals surface area contributed by atoms with Gasteiger partial charge < -0.3 is 10.5 Å². The van der Waals surface area contributed by atoms with Crippen molar-refractivity contribution in [1.29, 1.82) is 0 Å². The summed E-state index contributed by atoms with van der Waals surface area (Å²) in [5.41, 5.74) is 6.64. The highest BCUT2D eigenvalue weighted by Crippen LogP contribution is 2.33. The molecule has 2 aromatic carbocycles. The maximum Gasteiger partial charge on any atom is 0.522 e. The molecule has 0 aromatic heterocycles. The fraction of sp³-hybridized carbons (Fsp3) is 0.333. The van der Waals surface area contributed by atoms with Gasteiger partial charge >= 0.3 is 6.36 Å². The van der Waals surface area contributed by atoms with E-state index in [0.29, 0.717) is 5.75 Å². The number of hydrogen-bond acceptors (Lipinski definition) is 3. The Labute approximate surface area is 120 Å². The predicted octanol–water partition coefficient (Wildman–Crippen LogP) is 3.77. The van der Waals surface area contributed by atoms with Gasteiger partial charge in [-0.15, -0.1) is 13.2 Å². The summed E-state index contributed by atoms with van der Waals surface area (Å²) in [4.78, 5) is 0. The van der Waals surface area contributed by atoms with E-state index in [9.17, 15) is 13.2 Å². The lowest BCUT2D eigenvalue weighted by molar-refractivity contribution is -0.325. The number of alkyl halides is 3. The molecule has 0 amide bonds. The molecule has 2 rings (SSSR count). The van der Waals surface area contributed by atoms with Crippen molar-refractivity contribution in [3.63, 3.8) is 0 Å². The van der Waals surface area contributed by atoms with Crippen molar-refractivity contribution < 1.29 is 22.6 Å². The Bertz CT molecular complexity index is 611. The van der Waals surface area contributed by atoms with Crippen molar-refractivity contribution in [1.82, 2.24) is 0 Å². The largest absolute Gasteiger partial charge is 0.522 e. The fourth-order valence-corrected chi connectivity index (χ4v) is 2.08. The second-order valence-corrected chi connectivity index (χ2v) is 4.64. The van der Waals surface area contributed by atoms with Gasteiger partial charge in [-0.25, -0.2) is 0 Å². The molecular formula is C15H16F3NO2. The Morgan fingerprint density at radius 2 is 1.81 bits per heavy atom. The van der Waals surface area contributed by atoms with Crippen LogP contribution in [-0.2, 0) is 4.74 Å². The summed E-state index contributed by atoms with van der Waals surface area (Å²) in [5.74, 6) is 0.508. The number of rotatable bonds is 5. The van der Waals surface area contributed by atoms with Gasteiger partial charge in [0, 0.05) is 17.0 Å². The molecule has 0 spiro atoms. The zero-order valence-corrected chi connectivity index (χ0v) is 11.5. The highest BCUT2D eigenvalue weighted by molar-refractivity contribution is 5.89. The first-order valence-electron chi connectivity index (χ1n) is 6.49. The lowest BCUT2D eigenvalue weighted by Crippen LogP contribution is -2.19. The number of hydrogen-bond donors (Lipinski definition) is 1. The van der Waals surface area contributed by atoms with Gasteiger partial charge in [-0.2, -0.15) is 0 Å². The van der Waals surface area contributed by atoms with E-state index in [-0.39, 0.29) is 12.6 Å². The van der Waals surface area contributed by atoms with Crippen molar-refractivity contribution in [2.45, 2.75) is 19.3 Å². The molecule has 2 N–H and O–H groups in total. The zero-order valence-electron chi connectivity index (χ0n) is 11.5. The molecule has 2 aromatic rings. The van der Waals surface area contributed by atoms with Gasteiger partial charge in [-0.1, -0.05) is 36.4 Å². The molecular weight excluding hydrogens is 283 g/mol. The molecule has 114 valence electrons. The van der Waals surface area contributed by atoms with Crippen LogP contribution in [0.1, 0.15) is 18.5 Å². The Hall–Kier alpha value is -1.79. The molecule has 1 atom stereocenters. The molecule has 0 saturated heterocycles. The minimum absolute atomic E-state index is 0.201. The van der Waals surface area contributed by atoms with Gasteiger partial charge in [0.15, 0.2) is 0 Å². The Morgan fingerprint density at radius 1 is 1.10 bits per heavy atom. The van der Waals surface area contributed by atoms with Crippen LogP contribution in [0.5, 0.6) is 5.75 Å². The van der Waals surface area contributed by atoms with E-state index >= 15 is 0 Å². The minimum Gasteiger partial charge on any atom is -0.490 e. The van der Waals surface area contributed by atoms with Crippen molar-refractivity contribution in [3.05, 3.63) is 42.0 Å². The normalized spacial score (nSPS) is 13.4. The summed E-state index contributed by atoms with van der Waals surface area (Å²) >= 11 is 0. The maximum absolute atomic E-state index is 11.9. The smallest absolute Gasteiger partial charge is 0.490 e. The summed E-state index contributed by atoms with van der Waals surface area (Å²) in [5, 5.41) is 1.76. The van der Waals surface area contributed by atoms with Gasteiger partial charge in [0.25, 0.3) is 0 Å². The second kappa shape index (κ2) is 6.32. The first-order valence-corrected chi connectivity index (χ1v) is 6.49. The van der Waals surface area contributed by atoms with Crippen LogP contribution in [0.25, 0.3) is 10.8 Å². The average molecular weight is 299 g/mol. The Kier molecular flexibility index (Phi) is 4.69. The molecule has 0 heterocycles. The van der Waals surface area contributed by atoms with Crippen LogP contribution in [-0.4, -0.2) is 19.6 Å². The van der Waals surface area contributed by atoms with Gasteiger partial charge in [-0.05, 0) is 12.3 Å². The predicted molar refractivity (Wildman–Crippen MR) is 74.1 cm³/mol. The van der Waals surface area contributed by atoms with Crippen LogP contribution < -0.4 is 10.5 Å². The lowest BCUT2D eigenvalue weighted by Gasteiger charge is -2.17. The zero-order chi connectivity index (χ0) is 15.5. The lowest BCUT2D eigenvalue weighted by atomic mass is 10.0. The van der Waals surface area contributed by atoms with Crippen LogP contribution in [0.3, 0.4) is 0 Å². The molecule has 3 nitrogen and oxygen atoms in total. The molecule has 0 aliphatic rings. The van der Waals surface area contributed by atoms with Gasteiger partial charge in [-0.3, -0.25) is 4.74 Å². The SMILES string of the molecule is C[C@H](N)c1ccc2ccccc2c1OCCOC(F)(F)F. The van der Waals surface area contributed by atoms with E-state index in [1.807, 2.05) is 36.4 Å². The third-order valence-corrected chi connectivity index (χ3v) is 3.00. The monoisotopic (exact) mass is 299 g/mol. The molecule has 0 unspecified atom stereocenters.